The lowest BCUT2D eigenvalue weighted by molar-refractivity contribution is -0.150. The van der Waals surface area contributed by atoms with Gasteiger partial charge in [-0.1, -0.05) is 19.1 Å². The zero-order valence-corrected chi connectivity index (χ0v) is 11.4. The molecule has 0 radical (unpaired) electrons. The Morgan fingerprint density at radius 2 is 2.15 bits per heavy atom. The van der Waals surface area contributed by atoms with Crippen molar-refractivity contribution in [3.8, 4) is 0 Å². The van der Waals surface area contributed by atoms with Crippen molar-refractivity contribution < 1.29 is 9.53 Å². The van der Waals surface area contributed by atoms with Crippen molar-refractivity contribution in [2.24, 2.45) is 11.8 Å². The minimum Gasteiger partial charge on any atom is -0.454 e. The van der Waals surface area contributed by atoms with Crippen molar-refractivity contribution in [3.05, 3.63) is 40.4 Å². The van der Waals surface area contributed by atoms with Crippen molar-refractivity contribution in [1.29, 1.82) is 0 Å². The third-order valence-electron chi connectivity index (χ3n) is 3.72. The molecule has 0 bridgehead atoms. The molecule has 3 atom stereocenters. The standard InChI is InChI=1S/C15H16N2O3/c1-8-7-11(8)15(19)20-9(2)13-16-12-6-4-3-5-10(12)14(18)17-13/h3-6,8-9,11H,7H2,1-2H3,(H,16,17,18)/t8-,9-,11+/m0/s1. The molecule has 2 aromatic rings. The van der Waals surface area contributed by atoms with Crippen LogP contribution in [0, 0.1) is 11.8 Å². The van der Waals surface area contributed by atoms with Gasteiger partial charge in [-0.05, 0) is 31.4 Å². The highest BCUT2D eigenvalue weighted by Gasteiger charge is 2.41. The topological polar surface area (TPSA) is 72.0 Å². The first-order chi connectivity index (χ1) is 9.56. The quantitative estimate of drug-likeness (QED) is 0.869. The molecule has 5 nitrogen and oxygen atoms in total. The molecule has 1 aliphatic rings. The number of nitrogens with one attached hydrogen (secondary N) is 1. The highest BCUT2D eigenvalue weighted by atomic mass is 16.5. The number of aromatic nitrogens is 2. The van der Waals surface area contributed by atoms with Crippen LogP contribution < -0.4 is 5.56 Å². The summed E-state index contributed by atoms with van der Waals surface area (Å²) >= 11 is 0. The van der Waals surface area contributed by atoms with Gasteiger partial charge in [0.25, 0.3) is 5.56 Å². The number of carbonyl (C=O) groups is 1. The Hall–Kier alpha value is -2.17. The Morgan fingerprint density at radius 3 is 2.85 bits per heavy atom. The number of carbonyl (C=O) groups excluding carboxylic acids is 1. The Bertz CT molecular complexity index is 722. The van der Waals surface area contributed by atoms with E-state index in [1.54, 1.807) is 25.1 Å². The summed E-state index contributed by atoms with van der Waals surface area (Å²) in [5.41, 5.74) is 0.391. The van der Waals surface area contributed by atoms with E-state index in [0.717, 1.165) is 6.42 Å². The van der Waals surface area contributed by atoms with Crippen LogP contribution in [0.15, 0.2) is 29.1 Å². The maximum atomic E-state index is 12.0. The number of esters is 1. The average molecular weight is 272 g/mol. The molecule has 1 aromatic heterocycles. The minimum absolute atomic E-state index is 0.00429. The van der Waals surface area contributed by atoms with Crippen molar-refractivity contribution >= 4 is 16.9 Å². The van der Waals surface area contributed by atoms with Crippen LogP contribution in [0.4, 0.5) is 0 Å². The molecule has 1 fully saturated rings. The number of rotatable bonds is 3. The molecule has 0 amide bonds. The fraction of sp³-hybridized carbons (Fsp3) is 0.400. The van der Waals surface area contributed by atoms with Crippen LogP contribution in [-0.4, -0.2) is 15.9 Å². The van der Waals surface area contributed by atoms with Crippen LogP contribution in [-0.2, 0) is 9.53 Å². The third kappa shape index (κ3) is 2.31. The van der Waals surface area contributed by atoms with Crippen molar-refractivity contribution in [2.45, 2.75) is 26.4 Å². The van der Waals surface area contributed by atoms with Crippen molar-refractivity contribution in [2.75, 3.05) is 0 Å². The Balaban J connectivity index is 1.86. The number of H-pyrrole nitrogens is 1. The van der Waals surface area contributed by atoms with E-state index in [1.807, 2.05) is 13.0 Å². The number of hydrogen-bond donors (Lipinski definition) is 1. The fourth-order valence-electron chi connectivity index (χ4n) is 2.26. The molecule has 1 heterocycles. The molecule has 0 spiro atoms. The summed E-state index contributed by atoms with van der Waals surface area (Å²) in [5.74, 6) is 0.583. The SMILES string of the molecule is C[C@H](OC(=O)[C@@H]1C[C@@H]1C)c1nc2ccccc2c(=O)[nH]1. The van der Waals surface area contributed by atoms with Gasteiger partial charge in [0.05, 0.1) is 16.8 Å². The van der Waals surface area contributed by atoms with E-state index in [4.69, 9.17) is 4.74 Å². The fourth-order valence-corrected chi connectivity index (χ4v) is 2.26. The number of fused-ring (bicyclic) bond motifs is 1. The maximum Gasteiger partial charge on any atom is 0.309 e. The molecule has 1 aromatic carbocycles. The predicted octanol–water partition coefficient (Wildman–Crippen LogP) is 2.18. The number of ether oxygens (including phenoxy) is 1. The van der Waals surface area contributed by atoms with Gasteiger partial charge in [0.15, 0.2) is 11.9 Å². The molecule has 0 unspecified atom stereocenters. The van der Waals surface area contributed by atoms with E-state index < -0.39 is 6.10 Å². The Labute approximate surface area is 116 Å². The number of aromatic amines is 1. The lowest BCUT2D eigenvalue weighted by Crippen LogP contribution is -2.18. The van der Waals surface area contributed by atoms with Crippen molar-refractivity contribution in [1.82, 2.24) is 9.97 Å². The van der Waals surface area contributed by atoms with E-state index in [1.165, 1.54) is 0 Å². The normalized spacial score (nSPS) is 22.5. The summed E-state index contributed by atoms with van der Waals surface area (Å²) < 4.78 is 5.36. The first kappa shape index (κ1) is 12.8. The molecule has 104 valence electrons. The van der Waals surface area contributed by atoms with Gasteiger partial charge in [0.1, 0.15) is 0 Å². The first-order valence-electron chi connectivity index (χ1n) is 6.75. The van der Waals surface area contributed by atoms with Gasteiger partial charge in [-0.15, -0.1) is 0 Å². The molecule has 0 aliphatic heterocycles. The Morgan fingerprint density at radius 1 is 1.45 bits per heavy atom. The average Bonchev–Trinajstić information content (AvgIpc) is 3.16. The zero-order valence-electron chi connectivity index (χ0n) is 11.4. The third-order valence-corrected chi connectivity index (χ3v) is 3.72. The van der Waals surface area contributed by atoms with Crippen LogP contribution in [0.25, 0.3) is 10.9 Å². The van der Waals surface area contributed by atoms with Crippen LogP contribution in [0.3, 0.4) is 0 Å². The number of nitrogens with zero attached hydrogens (tertiary/aromatic N) is 1. The van der Waals surface area contributed by atoms with Gasteiger partial charge in [0, 0.05) is 0 Å². The van der Waals surface area contributed by atoms with Gasteiger partial charge in [-0.25, -0.2) is 4.98 Å². The first-order valence-corrected chi connectivity index (χ1v) is 6.75. The monoisotopic (exact) mass is 272 g/mol. The summed E-state index contributed by atoms with van der Waals surface area (Å²) in [4.78, 5) is 30.8. The van der Waals surface area contributed by atoms with E-state index in [9.17, 15) is 9.59 Å². The van der Waals surface area contributed by atoms with E-state index >= 15 is 0 Å². The second-order valence-corrected chi connectivity index (χ2v) is 5.37. The van der Waals surface area contributed by atoms with Gasteiger partial charge in [-0.3, -0.25) is 9.59 Å². The highest BCUT2D eigenvalue weighted by Crippen LogP contribution is 2.39. The van der Waals surface area contributed by atoms with Crippen molar-refractivity contribution in [3.63, 3.8) is 0 Å². The van der Waals surface area contributed by atoms with E-state index in [-0.39, 0.29) is 17.4 Å². The number of benzene rings is 1. The minimum atomic E-state index is -0.549. The maximum absolute atomic E-state index is 12.0. The molecule has 20 heavy (non-hydrogen) atoms. The largest absolute Gasteiger partial charge is 0.454 e. The molecule has 1 N–H and O–H groups in total. The predicted molar refractivity (Wildman–Crippen MR) is 74.1 cm³/mol. The molecule has 0 saturated heterocycles. The molecule has 1 saturated carbocycles. The van der Waals surface area contributed by atoms with Gasteiger partial charge in [0.2, 0.25) is 0 Å². The molecular weight excluding hydrogens is 256 g/mol. The Kier molecular flexibility index (Phi) is 3.04. The molecule has 3 rings (SSSR count). The van der Waals surface area contributed by atoms with Gasteiger partial charge < -0.3 is 9.72 Å². The van der Waals surface area contributed by atoms with Crippen LogP contribution >= 0.6 is 0 Å². The van der Waals surface area contributed by atoms with Gasteiger partial charge in [-0.2, -0.15) is 0 Å². The summed E-state index contributed by atoms with van der Waals surface area (Å²) in [6.45, 7) is 3.74. The van der Waals surface area contributed by atoms with Crippen LogP contribution in [0.2, 0.25) is 0 Å². The molecule has 5 heteroatoms. The van der Waals surface area contributed by atoms with Crippen LogP contribution in [0.5, 0.6) is 0 Å². The van der Waals surface area contributed by atoms with E-state index in [0.29, 0.717) is 22.6 Å². The smallest absolute Gasteiger partial charge is 0.309 e. The highest BCUT2D eigenvalue weighted by molar-refractivity contribution is 5.77. The number of hydrogen-bond acceptors (Lipinski definition) is 4. The lowest BCUT2D eigenvalue weighted by Gasteiger charge is -2.12. The number of para-hydroxylation sites is 1. The second-order valence-electron chi connectivity index (χ2n) is 5.37. The lowest BCUT2D eigenvalue weighted by atomic mass is 10.2. The summed E-state index contributed by atoms with van der Waals surface area (Å²) in [5, 5.41) is 0.533. The second kappa shape index (κ2) is 4.74. The van der Waals surface area contributed by atoms with Crippen LogP contribution in [0.1, 0.15) is 32.2 Å². The van der Waals surface area contributed by atoms with Gasteiger partial charge >= 0.3 is 5.97 Å². The molecule has 1 aliphatic carbocycles. The molecular formula is C15H16N2O3. The summed E-state index contributed by atoms with van der Waals surface area (Å²) in [6, 6.07) is 7.09. The summed E-state index contributed by atoms with van der Waals surface area (Å²) in [7, 11) is 0. The van der Waals surface area contributed by atoms with E-state index in [2.05, 4.69) is 9.97 Å². The summed E-state index contributed by atoms with van der Waals surface area (Å²) in [6.07, 6.45) is 0.334. The zero-order chi connectivity index (χ0) is 14.3.